The molecule has 41 heavy (non-hydrogen) atoms. The summed E-state index contributed by atoms with van der Waals surface area (Å²) in [6.45, 7) is 34.7. The zero-order chi connectivity index (χ0) is 32.2. The number of allylic oxidation sites excluding steroid dienone is 12. The Kier molecular flexibility index (Phi) is 21.1. The van der Waals surface area contributed by atoms with E-state index in [0.29, 0.717) is 30.4 Å². The fourth-order valence-electron chi connectivity index (χ4n) is 3.29. The normalized spacial score (nSPS) is 13.6. The summed E-state index contributed by atoms with van der Waals surface area (Å²) >= 11 is 0. The molecule has 5 heteroatoms. The number of unbranched alkanes of at least 4 members (excludes halogenated alkanes) is 1. The van der Waals surface area contributed by atoms with Crippen molar-refractivity contribution in [2.24, 2.45) is 17.8 Å². The van der Waals surface area contributed by atoms with Gasteiger partial charge in [0.25, 0.3) is 0 Å². The number of hydrogen-bond donors (Lipinski definition) is 0. The molecule has 0 heterocycles. The van der Waals surface area contributed by atoms with Crippen molar-refractivity contribution in [2.75, 3.05) is 0 Å². The molecule has 0 fully saturated rings. The fourth-order valence-corrected chi connectivity index (χ4v) is 3.29. The molecule has 2 unspecified atom stereocenters. The molecule has 0 N–H and O–H groups in total. The Bertz CT molecular complexity index is 991. The van der Waals surface area contributed by atoms with Gasteiger partial charge in [-0.05, 0) is 91.7 Å². The first-order valence-corrected chi connectivity index (χ1v) is 14.1. The van der Waals surface area contributed by atoms with Gasteiger partial charge in [0.15, 0.2) is 0 Å². The Morgan fingerprint density at radius 3 is 1.90 bits per heavy atom. The van der Waals surface area contributed by atoms with Crippen molar-refractivity contribution in [3.05, 3.63) is 122 Å². The maximum Gasteiger partial charge on any atom is 0.400 e. The lowest BCUT2D eigenvalue weighted by Gasteiger charge is -2.25. The van der Waals surface area contributed by atoms with Gasteiger partial charge in [0.2, 0.25) is 0 Å². The molecule has 1 nitrogen and oxygen atoms in total. The summed E-state index contributed by atoms with van der Waals surface area (Å²) in [5.41, 5.74) is 1.16. The van der Waals surface area contributed by atoms with Crippen LogP contribution < -0.4 is 0 Å². The second-order valence-corrected chi connectivity index (χ2v) is 10.6. The largest absolute Gasteiger partial charge is 0.433 e. The highest BCUT2D eigenvalue weighted by molar-refractivity contribution is 5.46. The van der Waals surface area contributed by atoms with E-state index in [-0.39, 0.29) is 29.2 Å². The molecule has 0 saturated carbocycles. The van der Waals surface area contributed by atoms with E-state index in [1.807, 2.05) is 6.08 Å². The third kappa shape index (κ3) is 18.8. The molecule has 0 rings (SSSR count). The molecule has 230 valence electrons. The summed E-state index contributed by atoms with van der Waals surface area (Å²) in [5.74, 6) is -1.80. The summed E-state index contributed by atoms with van der Waals surface area (Å²) < 4.78 is 61.4. The van der Waals surface area contributed by atoms with E-state index in [1.165, 1.54) is 50.5 Å². The van der Waals surface area contributed by atoms with Crippen molar-refractivity contribution in [1.82, 2.24) is 0 Å². The molecule has 0 aliphatic rings. The molecular formula is C36H52F4O. The molecule has 0 saturated heterocycles. The summed E-state index contributed by atoms with van der Waals surface area (Å²) in [6.07, 6.45) is 10.5. The Balaban J connectivity index is 0. The van der Waals surface area contributed by atoms with Gasteiger partial charge in [-0.15, -0.1) is 13.2 Å². The van der Waals surface area contributed by atoms with Crippen molar-refractivity contribution >= 4 is 0 Å². The van der Waals surface area contributed by atoms with Crippen LogP contribution in [0.3, 0.4) is 0 Å². The number of halogens is 4. The highest BCUT2D eigenvalue weighted by Gasteiger charge is 2.39. The third-order valence-corrected chi connectivity index (χ3v) is 6.39. The van der Waals surface area contributed by atoms with Crippen LogP contribution in [0, 0.1) is 17.8 Å². The molecule has 0 spiro atoms. The highest BCUT2D eigenvalue weighted by Crippen LogP contribution is 2.34. The molecule has 0 aromatic heterocycles. The average molecular weight is 577 g/mol. The molecular weight excluding hydrogens is 524 g/mol. The van der Waals surface area contributed by atoms with Gasteiger partial charge in [-0.3, -0.25) is 0 Å². The molecule has 0 aromatic carbocycles. The van der Waals surface area contributed by atoms with E-state index in [9.17, 15) is 17.6 Å². The molecule has 0 aliphatic carbocycles. The first-order valence-electron chi connectivity index (χ1n) is 14.1. The smallest absolute Gasteiger partial charge is 0.400 e. The van der Waals surface area contributed by atoms with E-state index < -0.39 is 23.7 Å². The van der Waals surface area contributed by atoms with Gasteiger partial charge in [0.1, 0.15) is 17.4 Å². The second-order valence-electron chi connectivity index (χ2n) is 10.6. The maximum atomic E-state index is 14.4. The summed E-state index contributed by atoms with van der Waals surface area (Å²) in [6, 6.07) is 0. The number of hydrogen-bond acceptors (Lipinski definition) is 1. The van der Waals surface area contributed by atoms with Crippen molar-refractivity contribution < 1.29 is 22.3 Å². The van der Waals surface area contributed by atoms with E-state index in [4.69, 9.17) is 4.74 Å². The van der Waals surface area contributed by atoms with Crippen LogP contribution in [0.25, 0.3) is 0 Å². The summed E-state index contributed by atoms with van der Waals surface area (Å²) in [7, 11) is 0. The van der Waals surface area contributed by atoms with Gasteiger partial charge < -0.3 is 4.74 Å². The van der Waals surface area contributed by atoms with E-state index >= 15 is 0 Å². The molecule has 0 amide bonds. The standard InChI is InChI=1S/C28H36F4O.C8H16/c1-10-12-13-21(5)27(30)18-22(6)19(3)15-17-24(8)33-28(31,32)23(7)16-14-20(4)25(9)26(29)11-2;1-4-5-6-7-8(2)3/h10-11,15,17-18,20,23H,1,3,5-6,8-9,12-14,16H2,2,4,7H3;4,8H,1,5-7H2,2-3H3/b17-15-,26-11+,27-18+;. The third-order valence-electron chi connectivity index (χ3n) is 6.39. The zero-order valence-corrected chi connectivity index (χ0v) is 26.0. The molecule has 2 atom stereocenters. The summed E-state index contributed by atoms with van der Waals surface area (Å²) in [5, 5.41) is 0. The van der Waals surface area contributed by atoms with Crippen molar-refractivity contribution in [2.45, 2.75) is 85.7 Å². The minimum absolute atomic E-state index is 0.102. The maximum absolute atomic E-state index is 14.4. The van der Waals surface area contributed by atoms with Crippen molar-refractivity contribution in [3.63, 3.8) is 0 Å². The van der Waals surface area contributed by atoms with Gasteiger partial charge in [-0.1, -0.05) is 91.3 Å². The highest BCUT2D eigenvalue weighted by atomic mass is 19.3. The van der Waals surface area contributed by atoms with Gasteiger partial charge in [0, 0.05) is 0 Å². The van der Waals surface area contributed by atoms with Crippen molar-refractivity contribution in [3.8, 4) is 0 Å². The fraction of sp³-hybridized carbons (Fsp3) is 0.444. The SMILES string of the molecule is C=CCCC(=C)/C(F)=C\C(=C)C(=C)/C=C\C(=C)OC(F)(F)C(C)CCC(C)C(=C)/C(F)=C\C.C=CCCCC(C)C. The topological polar surface area (TPSA) is 9.23 Å². The molecule has 0 aliphatic heterocycles. The van der Waals surface area contributed by atoms with E-state index in [0.717, 1.165) is 5.92 Å². The van der Waals surface area contributed by atoms with Crippen LogP contribution in [0.2, 0.25) is 0 Å². The lowest BCUT2D eigenvalue weighted by Crippen LogP contribution is -2.29. The zero-order valence-electron chi connectivity index (χ0n) is 26.0. The van der Waals surface area contributed by atoms with Crippen LogP contribution in [0.1, 0.15) is 79.6 Å². The van der Waals surface area contributed by atoms with Crippen LogP contribution in [0.4, 0.5) is 17.6 Å². The molecule has 0 aromatic rings. The Labute approximate surface area is 247 Å². The number of alkyl halides is 2. The van der Waals surface area contributed by atoms with Crippen LogP contribution in [0.15, 0.2) is 122 Å². The minimum Gasteiger partial charge on any atom is -0.433 e. The van der Waals surface area contributed by atoms with Crippen LogP contribution >= 0.6 is 0 Å². The van der Waals surface area contributed by atoms with Crippen LogP contribution in [-0.2, 0) is 4.74 Å². The van der Waals surface area contributed by atoms with Gasteiger partial charge in [-0.25, -0.2) is 8.78 Å². The van der Waals surface area contributed by atoms with Gasteiger partial charge in [-0.2, -0.15) is 8.78 Å². The van der Waals surface area contributed by atoms with Crippen LogP contribution in [0.5, 0.6) is 0 Å². The first kappa shape index (κ1) is 40.1. The lowest BCUT2D eigenvalue weighted by atomic mass is 9.92. The Hall–Kier alpha value is -3.08. The minimum atomic E-state index is -3.48. The van der Waals surface area contributed by atoms with Crippen LogP contribution in [-0.4, -0.2) is 6.11 Å². The van der Waals surface area contributed by atoms with Crippen molar-refractivity contribution in [1.29, 1.82) is 0 Å². The lowest BCUT2D eigenvalue weighted by molar-refractivity contribution is -0.244. The second kappa shape index (κ2) is 21.6. The van der Waals surface area contributed by atoms with E-state index in [1.54, 1.807) is 19.9 Å². The average Bonchev–Trinajstić information content (AvgIpc) is 2.91. The first-order chi connectivity index (χ1) is 19.0. The number of ether oxygens (including phenoxy) is 1. The molecule has 0 bridgehead atoms. The van der Waals surface area contributed by atoms with Gasteiger partial charge >= 0.3 is 6.11 Å². The predicted molar refractivity (Wildman–Crippen MR) is 171 cm³/mol. The Morgan fingerprint density at radius 1 is 0.805 bits per heavy atom. The summed E-state index contributed by atoms with van der Waals surface area (Å²) in [4.78, 5) is 0. The number of rotatable bonds is 20. The van der Waals surface area contributed by atoms with Gasteiger partial charge in [0.05, 0.1) is 5.92 Å². The quantitative estimate of drug-likeness (QED) is 0.0460. The monoisotopic (exact) mass is 576 g/mol. The molecule has 0 radical (unpaired) electrons. The van der Waals surface area contributed by atoms with E-state index in [2.05, 4.69) is 59.9 Å². The Morgan fingerprint density at radius 2 is 1.39 bits per heavy atom. The predicted octanol–water partition coefficient (Wildman–Crippen LogP) is 12.6.